The molecule has 2 atom stereocenters. The highest BCUT2D eigenvalue weighted by molar-refractivity contribution is 7.19. The average molecular weight is 440 g/mol. The van der Waals surface area contributed by atoms with Crippen LogP contribution in [0.15, 0.2) is 24.3 Å². The van der Waals surface area contributed by atoms with Crippen LogP contribution in [0.5, 0.6) is 0 Å². The number of hydrogen-bond donors (Lipinski definition) is 4. The summed E-state index contributed by atoms with van der Waals surface area (Å²) in [5.41, 5.74) is 1.28. The Morgan fingerprint density at radius 2 is 2.14 bits per heavy atom. The Morgan fingerprint density at radius 1 is 1.34 bits per heavy atom. The Labute approximate surface area is 172 Å². The zero-order valence-corrected chi connectivity index (χ0v) is 16.5. The van der Waals surface area contributed by atoms with E-state index in [-0.39, 0.29) is 24.9 Å². The standard InChI is InChI=1S/C19H16ClF2N3O3S/c20-14-3-2-13(29-14)17-9(10-5-8(21)6-11(22)16(10)25-17)1-4-15(27)24-18-12(26)7-23-19(18)28/h2-3,5-6,12,18,25-26H,1,4,7H2,(H,23,28)(H,24,27)/t12-,18+/m1/s1. The highest BCUT2D eigenvalue weighted by Crippen LogP contribution is 2.37. The van der Waals surface area contributed by atoms with Crippen molar-refractivity contribution >= 4 is 45.7 Å². The molecule has 0 spiro atoms. The van der Waals surface area contributed by atoms with Crippen LogP contribution in [0.2, 0.25) is 4.34 Å². The molecule has 2 amide bonds. The van der Waals surface area contributed by atoms with Gasteiger partial charge in [0.15, 0.2) is 0 Å². The Hall–Kier alpha value is -2.49. The molecule has 6 nitrogen and oxygen atoms in total. The lowest BCUT2D eigenvalue weighted by molar-refractivity contribution is -0.128. The molecular formula is C19H16ClF2N3O3S. The lowest BCUT2D eigenvalue weighted by Crippen LogP contribution is -2.45. The molecule has 0 bridgehead atoms. The van der Waals surface area contributed by atoms with Gasteiger partial charge in [-0.2, -0.15) is 0 Å². The number of benzene rings is 1. The van der Waals surface area contributed by atoms with Gasteiger partial charge in [0.1, 0.15) is 23.8 Å². The van der Waals surface area contributed by atoms with Crippen molar-refractivity contribution in [2.45, 2.75) is 25.0 Å². The minimum Gasteiger partial charge on any atom is -0.389 e. The second kappa shape index (κ2) is 7.74. The largest absolute Gasteiger partial charge is 0.389 e. The monoisotopic (exact) mass is 439 g/mol. The molecule has 4 rings (SSSR count). The molecule has 0 aliphatic carbocycles. The van der Waals surface area contributed by atoms with Gasteiger partial charge in [-0.25, -0.2) is 8.78 Å². The molecule has 3 aromatic rings. The number of carbonyl (C=O) groups is 2. The maximum Gasteiger partial charge on any atom is 0.245 e. The quantitative estimate of drug-likeness (QED) is 0.492. The third kappa shape index (κ3) is 3.85. The molecule has 29 heavy (non-hydrogen) atoms. The van der Waals surface area contributed by atoms with Crippen LogP contribution in [0, 0.1) is 11.6 Å². The van der Waals surface area contributed by atoms with E-state index < -0.39 is 35.6 Å². The summed E-state index contributed by atoms with van der Waals surface area (Å²) in [6.45, 7) is 0.0774. The number of nitrogens with one attached hydrogen (secondary N) is 3. The number of thiophene rings is 1. The minimum atomic E-state index is -1.00. The average Bonchev–Trinajstić information content (AvgIpc) is 3.33. The third-order valence-electron chi connectivity index (χ3n) is 4.82. The minimum absolute atomic E-state index is 0.0340. The molecule has 1 aliphatic heterocycles. The first-order chi connectivity index (χ1) is 13.8. The zero-order valence-electron chi connectivity index (χ0n) is 14.9. The molecule has 1 aliphatic rings. The van der Waals surface area contributed by atoms with Gasteiger partial charge in [0.05, 0.1) is 20.4 Å². The van der Waals surface area contributed by atoms with Gasteiger partial charge < -0.3 is 20.7 Å². The van der Waals surface area contributed by atoms with E-state index in [0.29, 0.717) is 21.0 Å². The Bertz CT molecular complexity index is 1110. The highest BCUT2D eigenvalue weighted by atomic mass is 35.5. The number of fused-ring (bicyclic) bond motifs is 1. The van der Waals surface area contributed by atoms with Crippen LogP contribution in [0.1, 0.15) is 12.0 Å². The summed E-state index contributed by atoms with van der Waals surface area (Å²) >= 11 is 7.29. The molecule has 1 fully saturated rings. The number of hydrogen-bond acceptors (Lipinski definition) is 4. The maximum atomic E-state index is 14.3. The number of aliphatic hydroxyl groups is 1. The third-order valence-corrected chi connectivity index (χ3v) is 6.07. The number of β-amino-alcohol motifs (C(OH)–C–C–N with tert-alkyl or cyclic N) is 1. The Balaban J connectivity index is 1.63. The molecule has 1 aromatic carbocycles. The van der Waals surface area contributed by atoms with Gasteiger partial charge in [0.2, 0.25) is 11.8 Å². The predicted octanol–water partition coefficient (Wildman–Crippen LogP) is 2.74. The normalized spacial score (nSPS) is 19.0. The van der Waals surface area contributed by atoms with Crippen LogP contribution in [-0.4, -0.2) is 40.6 Å². The fourth-order valence-electron chi connectivity index (χ4n) is 3.45. The van der Waals surface area contributed by atoms with Crippen molar-refractivity contribution in [2.75, 3.05) is 6.54 Å². The topological polar surface area (TPSA) is 94.2 Å². The lowest BCUT2D eigenvalue weighted by atomic mass is 10.0. The number of rotatable bonds is 5. The predicted molar refractivity (Wildman–Crippen MR) is 106 cm³/mol. The van der Waals surface area contributed by atoms with Crippen molar-refractivity contribution in [3.63, 3.8) is 0 Å². The Morgan fingerprint density at radius 3 is 2.79 bits per heavy atom. The van der Waals surface area contributed by atoms with E-state index in [9.17, 15) is 23.5 Å². The summed E-state index contributed by atoms with van der Waals surface area (Å²) in [6.07, 6.45) is -0.857. The molecule has 1 saturated heterocycles. The summed E-state index contributed by atoms with van der Waals surface area (Å²) in [6, 6.07) is 4.46. The SMILES string of the molecule is O=C(CCc1c(-c2ccc(Cl)s2)[nH]c2c(F)cc(F)cc12)N[C@@H]1C(=O)NC[C@H]1O. The molecule has 10 heteroatoms. The maximum absolute atomic E-state index is 14.3. The van der Waals surface area contributed by atoms with E-state index >= 15 is 0 Å². The first-order valence-electron chi connectivity index (χ1n) is 8.84. The smallest absolute Gasteiger partial charge is 0.245 e. The first-order valence-corrected chi connectivity index (χ1v) is 10.0. The molecule has 4 N–H and O–H groups in total. The molecule has 2 aromatic heterocycles. The molecule has 3 heterocycles. The van der Waals surface area contributed by atoms with E-state index in [1.54, 1.807) is 12.1 Å². The molecule has 0 unspecified atom stereocenters. The van der Waals surface area contributed by atoms with Crippen molar-refractivity contribution in [1.82, 2.24) is 15.6 Å². The van der Waals surface area contributed by atoms with Gasteiger partial charge in [-0.1, -0.05) is 11.6 Å². The summed E-state index contributed by atoms with van der Waals surface area (Å²) in [5, 5.41) is 15.1. The van der Waals surface area contributed by atoms with Gasteiger partial charge in [-0.3, -0.25) is 9.59 Å². The van der Waals surface area contributed by atoms with E-state index in [0.717, 1.165) is 10.9 Å². The summed E-state index contributed by atoms with van der Waals surface area (Å²) < 4.78 is 28.6. The fourth-order valence-corrected chi connectivity index (χ4v) is 4.52. The van der Waals surface area contributed by atoms with E-state index in [4.69, 9.17) is 11.6 Å². The van der Waals surface area contributed by atoms with Crippen LogP contribution in [-0.2, 0) is 16.0 Å². The lowest BCUT2D eigenvalue weighted by Gasteiger charge is -2.13. The molecular weight excluding hydrogens is 424 g/mol. The number of aliphatic hydroxyl groups excluding tert-OH is 1. The van der Waals surface area contributed by atoms with Crippen LogP contribution >= 0.6 is 22.9 Å². The second-order valence-electron chi connectivity index (χ2n) is 6.75. The molecule has 0 radical (unpaired) electrons. The van der Waals surface area contributed by atoms with Crippen molar-refractivity contribution < 1.29 is 23.5 Å². The van der Waals surface area contributed by atoms with E-state index in [1.807, 2.05) is 0 Å². The van der Waals surface area contributed by atoms with E-state index in [1.165, 1.54) is 17.4 Å². The van der Waals surface area contributed by atoms with Crippen LogP contribution in [0.25, 0.3) is 21.5 Å². The number of aromatic amines is 1. The van der Waals surface area contributed by atoms with Gasteiger partial charge in [0, 0.05) is 24.4 Å². The Kier molecular flexibility index (Phi) is 5.28. The summed E-state index contributed by atoms with van der Waals surface area (Å²) in [5.74, 6) is -2.35. The van der Waals surface area contributed by atoms with Gasteiger partial charge >= 0.3 is 0 Å². The van der Waals surface area contributed by atoms with Crippen molar-refractivity contribution in [2.24, 2.45) is 0 Å². The van der Waals surface area contributed by atoms with Crippen molar-refractivity contribution in [3.8, 4) is 10.6 Å². The number of aromatic nitrogens is 1. The van der Waals surface area contributed by atoms with Crippen LogP contribution < -0.4 is 10.6 Å². The highest BCUT2D eigenvalue weighted by Gasteiger charge is 2.34. The zero-order chi connectivity index (χ0) is 20.7. The first kappa shape index (κ1) is 19.8. The fraction of sp³-hybridized carbons (Fsp3) is 0.263. The number of H-pyrrole nitrogens is 1. The number of aryl methyl sites for hydroxylation is 1. The van der Waals surface area contributed by atoms with Crippen molar-refractivity contribution in [1.29, 1.82) is 0 Å². The van der Waals surface area contributed by atoms with E-state index in [2.05, 4.69) is 15.6 Å². The molecule has 152 valence electrons. The summed E-state index contributed by atoms with van der Waals surface area (Å²) in [7, 11) is 0. The van der Waals surface area contributed by atoms with Gasteiger partial charge in [-0.15, -0.1) is 11.3 Å². The number of carbonyl (C=O) groups excluding carboxylic acids is 2. The summed E-state index contributed by atoms with van der Waals surface area (Å²) in [4.78, 5) is 27.7. The second-order valence-corrected chi connectivity index (χ2v) is 8.47. The number of amides is 2. The van der Waals surface area contributed by atoms with Gasteiger partial charge in [-0.05, 0) is 30.2 Å². The van der Waals surface area contributed by atoms with Crippen LogP contribution in [0.4, 0.5) is 8.78 Å². The van der Waals surface area contributed by atoms with Gasteiger partial charge in [0.25, 0.3) is 0 Å². The molecule has 0 saturated carbocycles. The van der Waals surface area contributed by atoms with Crippen molar-refractivity contribution in [3.05, 3.63) is 45.8 Å². The van der Waals surface area contributed by atoms with Crippen LogP contribution in [0.3, 0.4) is 0 Å². The number of halogens is 3.